The lowest BCUT2D eigenvalue weighted by molar-refractivity contribution is -0.143. The third kappa shape index (κ3) is 23.2. The van der Waals surface area contributed by atoms with E-state index >= 15 is 0 Å². The number of hydrogen-bond acceptors (Lipinski definition) is 14. The molecule has 1 aromatic rings. The number of nitrogens with zero attached hydrogens (tertiary/aromatic N) is 1. The number of nitrogens with one attached hydrogen (secondary N) is 7. The fraction of sp³-hybridized carbons (Fsp3) is 0.647. The Kier molecular flexibility index (Phi) is 27.3. The summed E-state index contributed by atoms with van der Waals surface area (Å²) in [5.74, 6) is -11.9. The zero-order valence-electron chi connectivity index (χ0n) is 44.1. The van der Waals surface area contributed by atoms with Crippen LogP contribution in [0, 0.1) is 5.92 Å². The Morgan fingerprint density at radius 2 is 1.05 bits per heavy atom. The van der Waals surface area contributed by atoms with E-state index in [4.69, 9.17) is 22.9 Å². The van der Waals surface area contributed by atoms with Crippen LogP contribution in [-0.4, -0.2) is 147 Å². The summed E-state index contributed by atoms with van der Waals surface area (Å²) in [6, 6.07) is -7.35. The van der Waals surface area contributed by atoms with Crippen LogP contribution in [0.2, 0.25) is 0 Å². The van der Waals surface area contributed by atoms with Crippen LogP contribution in [0.1, 0.15) is 141 Å². The Morgan fingerprint density at radius 3 is 1.58 bits per heavy atom. The molecule has 26 nitrogen and oxygen atoms in total. The number of aromatic hydroxyl groups is 1. The SMILES string of the molecule is CCC(C)CCCCCCCCCCC1CC(=O)N[C@@H](CC(N)=O)C(=O)N[C@@H](Cc2ccc(O)cc2)C(=O)N[C@@H](CC(N)=O)C(=O)N[C@@H](CCC(N)=O)C(=O)N2CCC[C@H]2C(=O)N[C@@H](CO)C(=O)N[C@@H](CC(N)=O)C(=O)N1. The highest BCUT2D eigenvalue weighted by Crippen LogP contribution is 2.21. The number of carbonyl (C=O) groups excluding carboxylic acids is 12. The largest absolute Gasteiger partial charge is 0.508 e. The molecular weight excluding hydrogens is 1000 g/mol. The van der Waals surface area contributed by atoms with E-state index in [1.54, 1.807) is 0 Å². The highest BCUT2D eigenvalue weighted by atomic mass is 16.3. The second-order valence-corrected chi connectivity index (χ2v) is 20.0. The molecular formula is C51H80N12O14. The molecule has 2 heterocycles. The minimum Gasteiger partial charge on any atom is -0.508 e. The Labute approximate surface area is 447 Å². The van der Waals surface area contributed by atoms with E-state index in [1.165, 1.54) is 30.7 Å². The molecule has 77 heavy (non-hydrogen) atoms. The van der Waals surface area contributed by atoms with E-state index in [9.17, 15) is 67.7 Å². The number of hydrogen-bond donors (Lipinski definition) is 13. The number of aliphatic hydroxyl groups excluding tert-OH is 1. The van der Waals surface area contributed by atoms with E-state index in [-0.39, 0.29) is 38.0 Å². The van der Waals surface area contributed by atoms with E-state index in [2.05, 4.69) is 51.1 Å². The quantitative estimate of drug-likeness (QED) is 0.0479. The monoisotopic (exact) mass is 1080 g/mol. The number of carbonyl (C=O) groups is 12. The number of nitrogens with two attached hydrogens (primary N) is 4. The average Bonchev–Trinajstić information content (AvgIpc) is 3.86. The third-order valence-electron chi connectivity index (χ3n) is 13.6. The van der Waals surface area contributed by atoms with E-state index in [0.717, 1.165) is 49.8 Å². The van der Waals surface area contributed by atoms with Gasteiger partial charge in [0.2, 0.25) is 70.9 Å². The van der Waals surface area contributed by atoms with Crippen LogP contribution in [0.5, 0.6) is 5.75 Å². The van der Waals surface area contributed by atoms with Crippen LogP contribution in [0.25, 0.3) is 0 Å². The normalized spacial score (nSPS) is 24.0. The molecule has 0 aromatic heterocycles. The molecule has 0 spiro atoms. The number of phenols is 1. The number of fused-ring (bicyclic) bond motifs is 1. The van der Waals surface area contributed by atoms with Crippen molar-refractivity contribution < 1.29 is 67.7 Å². The summed E-state index contributed by atoms with van der Waals surface area (Å²) in [4.78, 5) is 162. The summed E-state index contributed by atoms with van der Waals surface area (Å²) >= 11 is 0. The molecule has 3 rings (SSSR count). The lowest BCUT2D eigenvalue weighted by atomic mass is 9.99. The first kappa shape index (κ1) is 63.9. The molecule has 1 aromatic carbocycles. The molecule has 2 unspecified atom stereocenters. The van der Waals surface area contributed by atoms with Gasteiger partial charge in [0.15, 0.2) is 0 Å². The fourth-order valence-corrected chi connectivity index (χ4v) is 9.06. The van der Waals surface area contributed by atoms with Crippen LogP contribution in [0.15, 0.2) is 24.3 Å². The van der Waals surface area contributed by atoms with Crippen LogP contribution in [0.4, 0.5) is 0 Å². The predicted octanol–water partition coefficient (Wildman–Crippen LogP) is -2.45. The Hall–Kier alpha value is -7.38. The summed E-state index contributed by atoms with van der Waals surface area (Å²) in [7, 11) is 0. The van der Waals surface area contributed by atoms with Gasteiger partial charge in [-0.25, -0.2) is 0 Å². The zero-order valence-corrected chi connectivity index (χ0v) is 44.1. The summed E-state index contributed by atoms with van der Waals surface area (Å²) in [6.45, 7) is 3.29. The van der Waals surface area contributed by atoms with E-state index < -0.39 is 164 Å². The van der Waals surface area contributed by atoms with Crippen molar-refractivity contribution in [3.8, 4) is 5.75 Å². The maximum absolute atomic E-state index is 14.3. The van der Waals surface area contributed by atoms with Gasteiger partial charge in [0.25, 0.3) is 0 Å². The molecule has 0 saturated carbocycles. The second kappa shape index (κ2) is 32.9. The maximum atomic E-state index is 14.3. The lowest BCUT2D eigenvalue weighted by Crippen LogP contribution is -2.60. The first-order valence-electron chi connectivity index (χ1n) is 26.5. The van der Waals surface area contributed by atoms with Gasteiger partial charge in [-0.1, -0.05) is 90.2 Å². The molecule has 17 N–H and O–H groups in total. The molecule has 0 aliphatic carbocycles. The van der Waals surface area contributed by atoms with Crippen molar-refractivity contribution in [2.45, 2.75) is 191 Å². The van der Waals surface area contributed by atoms with Crippen molar-refractivity contribution in [1.29, 1.82) is 0 Å². The lowest BCUT2D eigenvalue weighted by Gasteiger charge is -2.30. The Bertz CT molecular complexity index is 2230. The number of rotatable bonds is 24. The highest BCUT2D eigenvalue weighted by Gasteiger charge is 2.41. The standard InChI is InChI=1S/C51H80N12O14/c1-3-29(2)13-10-8-6-4-5-7-9-11-14-31-24-44(70)57-35(25-41(53)67)47(73)59-34(23-30-16-18-32(65)19-17-30)46(72)60-37(27-43(55)69)48(74)58-33(20-21-40(52)66)51(77)63-22-12-15-39(63)50(76)62-38(28-64)49(75)61-36(26-42(54)68)45(71)56-31/h16-19,29,31,33-39,64-65H,3-15,20-28H2,1-2H3,(H2,52,66)(H2,53,67)(H2,54,68)(H2,55,69)(H,56,71)(H,57,70)(H,58,74)(H,59,73)(H,60,72)(H,61,75)(H,62,76)/t29?,31?,33-,34-,35-,36-,37-,38-,39-/m0/s1. The van der Waals surface area contributed by atoms with Crippen molar-refractivity contribution in [2.75, 3.05) is 13.2 Å². The number of phenolic OH excluding ortho intramolecular Hbond substituents is 1. The molecule has 2 fully saturated rings. The number of amides is 12. The summed E-state index contributed by atoms with van der Waals surface area (Å²) in [5, 5.41) is 37.3. The number of benzene rings is 1. The van der Waals surface area contributed by atoms with Gasteiger partial charge in [-0.3, -0.25) is 57.5 Å². The fourth-order valence-electron chi connectivity index (χ4n) is 9.06. The minimum absolute atomic E-state index is 0.0167. The van der Waals surface area contributed by atoms with Gasteiger partial charge < -0.3 is 75.3 Å². The smallest absolute Gasteiger partial charge is 0.245 e. The minimum atomic E-state index is -1.85. The molecule has 26 heteroatoms. The Morgan fingerprint density at radius 1 is 0.584 bits per heavy atom. The third-order valence-corrected chi connectivity index (χ3v) is 13.6. The summed E-state index contributed by atoms with van der Waals surface area (Å²) < 4.78 is 0. The zero-order chi connectivity index (χ0) is 57.2. The first-order chi connectivity index (χ1) is 36.5. The van der Waals surface area contributed by atoms with Crippen LogP contribution >= 0.6 is 0 Å². The van der Waals surface area contributed by atoms with Gasteiger partial charge in [0, 0.05) is 31.8 Å². The molecule has 0 bridgehead atoms. The van der Waals surface area contributed by atoms with Crippen molar-refractivity contribution in [3.63, 3.8) is 0 Å². The van der Waals surface area contributed by atoms with Crippen LogP contribution in [0.3, 0.4) is 0 Å². The van der Waals surface area contributed by atoms with E-state index in [1.807, 2.05) is 0 Å². The second-order valence-electron chi connectivity index (χ2n) is 20.0. The first-order valence-corrected chi connectivity index (χ1v) is 26.5. The summed E-state index contributed by atoms with van der Waals surface area (Å²) in [5.41, 5.74) is 22.3. The molecule has 12 amide bonds. The Balaban J connectivity index is 2.09. The van der Waals surface area contributed by atoms with Gasteiger partial charge in [-0.2, -0.15) is 0 Å². The average molecular weight is 1090 g/mol. The van der Waals surface area contributed by atoms with E-state index in [0.29, 0.717) is 24.3 Å². The van der Waals surface area contributed by atoms with Gasteiger partial charge in [-0.15, -0.1) is 0 Å². The molecule has 2 aliphatic rings. The number of aliphatic hydroxyl groups is 1. The molecule has 2 saturated heterocycles. The van der Waals surface area contributed by atoms with Gasteiger partial charge in [0.1, 0.15) is 48.0 Å². The number of primary amides is 4. The van der Waals surface area contributed by atoms with Crippen molar-refractivity contribution >= 4 is 70.9 Å². The van der Waals surface area contributed by atoms with Crippen LogP contribution in [-0.2, 0) is 64.0 Å². The van der Waals surface area contributed by atoms with Gasteiger partial charge in [0.05, 0.1) is 25.9 Å². The molecule has 428 valence electrons. The van der Waals surface area contributed by atoms with Crippen molar-refractivity contribution in [3.05, 3.63) is 29.8 Å². The van der Waals surface area contributed by atoms with Crippen molar-refractivity contribution in [1.82, 2.24) is 42.1 Å². The highest BCUT2D eigenvalue weighted by molar-refractivity contribution is 6.00. The molecule has 9 atom stereocenters. The van der Waals surface area contributed by atoms with Crippen LogP contribution < -0.4 is 60.2 Å². The van der Waals surface area contributed by atoms with Crippen molar-refractivity contribution in [2.24, 2.45) is 28.9 Å². The summed E-state index contributed by atoms with van der Waals surface area (Å²) in [6.07, 6.45) is 5.80. The molecule has 0 radical (unpaired) electrons. The molecule has 2 aliphatic heterocycles. The topological polar surface area (TPSA) is 437 Å². The van der Waals surface area contributed by atoms with Gasteiger partial charge in [-0.05, 0) is 49.3 Å². The number of unbranched alkanes of at least 4 members (excludes halogenated alkanes) is 7. The van der Waals surface area contributed by atoms with Gasteiger partial charge >= 0.3 is 0 Å². The maximum Gasteiger partial charge on any atom is 0.245 e. The predicted molar refractivity (Wildman–Crippen MR) is 277 cm³/mol.